The van der Waals surface area contributed by atoms with Crippen LogP contribution in [0.3, 0.4) is 0 Å². The zero-order chi connectivity index (χ0) is 20.1. The zero-order valence-electron chi connectivity index (χ0n) is 15.7. The summed E-state index contributed by atoms with van der Waals surface area (Å²) in [5.74, 6) is 0.824. The molecule has 0 atom stereocenters. The fraction of sp³-hybridized carbons (Fsp3) is 0.182. The van der Waals surface area contributed by atoms with Gasteiger partial charge in [0, 0.05) is 49.0 Å². The van der Waals surface area contributed by atoms with Crippen LogP contribution in [0.5, 0.6) is 0 Å². The summed E-state index contributed by atoms with van der Waals surface area (Å²) in [6, 6.07) is 19.1. The minimum absolute atomic E-state index is 0.0396. The molecule has 0 unspecified atom stereocenters. The lowest BCUT2D eigenvalue weighted by molar-refractivity contribution is 0.0746. The van der Waals surface area contributed by atoms with Gasteiger partial charge in [-0.1, -0.05) is 17.8 Å². The Morgan fingerprint density at radius 3 is 2.45 bits per heavy atom. The van der Waals surface area contributed by atoms with Gasteiger partial charge in [0.25, 0.3) is 5.91 Å². The molecule has 1 saturated heterocycles. The van der Waals surface area contributed by atoms with Gasteiger partial charge in [0.2, 0.25) is 0 Å². The van der Waals surface area contributed by atoms with Crippen molar-refractivity contribution in [2.45, 2.75) is 9.92 Å². The molecule has 3 heterocycles. The molecule has 1 aliphatic rings. The summed E-state index contributed by atoms with van der Waals surface area (Å²) in [6.45, 7) is 2.64. The van der Waals surface area contributed by atoms with Gasteiger partial charge in [-0.25, -0.2) is 9.97 Å². The van der Waals surface area contributed by atoms with Crippen molar-refractivity contribution in [3.63, 3.8) is 0 Å². The van der Waals surface area contributed by atoms with E-state index in [1.165, 1.54) is 0 Å². The third-order valence-electron chi connectivity index (χ3n) is 4.73. The quantitative estimate of drug-likeness (QED) is 0.667. The van der Waals surface area contributed by atoms with Crippen LogP contribution in [0.25, 0.3) is 0 Å². The summed E-state index contributed by atoms with van der Waals surface area (Å²) in [6.07, 6.45) is 3.42. The van der Waals surface area contributed by atoms with Crippen LogP contribution in [-0.2, 0) is 0 Å². The number of hydrogen-bond acceptors (Lipinski definition) is 6. The van der Waals surface area contributed by atoms with Gasteiger partial charge in [-0.3, -0.25) is 4.79 Å². The summed E-state index contributed by atoms with van der Waals surface area (Å²) < 4.78 is 0. The second-order valence-corrected chi connectivity index (χ2v) is 7.68. The fourth-order valence-electron chi connectivity index (χ4n) is 3.18. The topological polar surface area (TPSA) is 73.1 Å². The first kappa shape index (κ1) is 19.0. The first-order valence-electron chi connectivity index (χ1n) is 9.32. The Hall–Kier alpha value is -3.37. The first-order valence-corrected chi connectivity index (χ1v) is 10.1. The van der Waals surface area contributed by atoms with Crippen molar-refractivity contribution >= 4 is 23.5 Å². The van der Waals surface area contributed by atoms with E-state index in [-0.39, 0.29) is 5.91 Å². The van der Waals surface area contributed by atoms with E-state index in [2.05, 4.69) is 20.9 Å². The van der Waals surface area contributed by atoms with Crippen molar-refractivity contribution < 1.29 is 4.79 Å². The van der Waals surface area contributed by atoms with Gasteiger partial charge in [0.1, 0.15) is 10.8 Å². The van der Waals surface area contributed by atoms with Crippen LogP contribution in [0.4, 0.5) is 5.82 Å². The number of carbonyl (C=O) groups excluding carboxylic acids is 1. The fourth-order valence-corrected chi connectivity index (χ4v) is 3.95. The molecule has 0 spiro atoms. The lowest BCUT2D eigenvalue weighted by Crippen LogP contribution is -2.49. The number of piperazine rings is 1. The van der Waals surface area contributed by atoms with Gasteiger partial charge in [-0.15, -0.1) is 0 Å². The molecule has 3 aromatic rings. The largest absolute Gasteiger partial charge is 0.353 e. The van der Waals surface area contributed by atoms with Crippen molar-refractivity contribution in [3.8, 4) is 6.07 Å². The molecule has 144 valence electrons. The molecule has 0 radical (unpaired) electrons. The van der Waals surface area contributed by atoms with Gasteiger partial charge >= 0.3 is 0 Å². The third kappa shape index (κ3) is 4.55. The van der Waals surface area contributed by atoms with E-state index in [0.717, 1.165) is 15.7 Å². The third-order valence-corrected chi connectivity index (χ3v) is 5.69. The van der Waals surface area contributed by atoms with E-state index in [9.17, 15) is 4.79 Å². The Balaban J connectivity index is 1.36. The van der Waals surface area contributed by atoms with Crippen LogP contribution in [0.15, 0.2) is 76.9 Å². The summed E-state index contributed by atoms with van der Waals surface area (Å²) in [5, 5.41) is 9.98. The highest BCUT2D eigenvalue weighted by molar-refractivity contribution is 7.99. The minimum Gasteiger partial charge on any atom is -0.353 e. The molecule has 1 amide bonds. The van der Waals surface area contributed by atoms with Crippen LogP contribution < -0.4 is 4.90 Å². The second kappa shape index (κ2) is 8.76. The summed E-state index contributed by atoms with van der Waals surface area (Å²) in [4.78, 5) is 26.5. The van der Waals surface area contributed by atoms with Crippen molar-refractivity contribution in [2.24, 2.45) is 0 Å². The Kier molecular flexibility index (Phi) is 5.73. The van der Waals surface area contributed by atoms with Gasteiger partial charge in [-0.2, -0.15) is 5.26 Å². The summed E-state index contributed by atoms with van der Waals surface area (Å²) >= 11 is 1.57. The van der Waals surface area contributed by atoms with Gasteiger partial charge in [0.05, 0.1) is 11.6 Å². The number of aromatic nitrogens is 2. The lowest BCUT2D eigenvalue weighted by atomic mass is 10.2. The highest BCUT2D eigenvalue weighted by atomic mass is 32.2. The minimum atomic E-state index is 0.0396. The molecule has 1 aromatic carbocycles. The number of rotatable bonds is 4. The van der Waals surface area contributed by atoms with Crippen molar-refractivity contribution in [3.05, 3.63) is 78.1 Å². The van der Waals surface area contributed by atoms with Crippen molar-refractivity contribution in [1.82, 2.24) is 14.9 Å². The van der Waals surface area contributed by atoms with E-state index in [4.69, 9.17) is 5.26 Å². The maximum Gasteiger partial charge on any atom is 0.253 e. The van der Waals surface area contributed by atoms with Crippen LogP contribution in [0.2, 0.25) is 0 Å². The number of nitrogens with zero attached hydrogens (tertiary/aromatic N) is 5. The number of amides is 1. The molecule has 0 N–H and O–H groups in total. The van der Waals surface area contributed by atoms with Crippen molar-refractivity contribution in [2.75, 3.05) is 31.1 Å². The van der Waals surface area contributed by atoms with Crippen LogP contribution in [-0.4, -0.2) is 47.0 Å². The Labute approximate surface area is 173 Å². The number of anilines is 1. The zero-order valence-corrected chi connectivity index (χ0v) is 16.5. The molecule has 2 aromatic heterocycles. The van der Waals surface area contributed by atoms with Gasteiger partial charge < -0.3 is 9.80 Å². The summed E-state index contributed by atoms with van der Waals surface area (Å²) in [7, 11) is 0. The average molecular weight is 401 g/mol. The predicted octanol–water partition coefficient (Wildman–Crippen LogP) is 3.46. The molecular weight excluding hydrogens is 382 g/mol. The standard InChI is InChI=1S/C22H19N5OS/c23-16-17-8-10-24-20(15-17)26-11-13-27(14-12-26)22(28)18-4-6-19(7-5-18)29-21-3-1-2-9-25-21/h1-10,15H,11-14H2. The number of carbonyl (C=O) groups is 1. The predicted molar refractivity (Wildman–Crippen MR) is 112 cm³/mol. The Morgan fingerprint density at radius 2 is 1.76 bits per heavy atom. The first-order chi connectivity index (χ1) is 14.2. The number of pyridine rings is 2. The second-order valence-electron chi connectivity index (χ2n) is 6.59. The lowest BCUT2D eigenvalue weighted by Gasteiger charge is -2.35. The molecule has 7 heteroatoms. The Bertz CT molecular complexity index is 1030. The molecule has 6 nitrogen and oxygen atoms in total. The molecule has 4 rings (SSSR count). The molecule has 29 heavy (non-hydrogen) atoms. The normalized spacial score (nSPS) is 13.8. The average Bonchev–Trinajstić information content (AvgIpc) is 2.80. The van der Waals surface area contributed by atoms with Crippen LogP contribution >= 0.6 is 11.8 Å². The van der Waals surface area contributed by atoms with Crippen LogP contribution in [0.1, 0.15) is 15.9 Å². The van der Waals surface area contributed by atoms with E-state index in [0.29, 0.717) is 37.3 Å². The Morgan fingerprint density at radius 1 is 0.966 bits per heavy atom. The van der Waals surface area contributed by atoms with Crippen molar-refractivity contribution in [1.29, 1.82) is 5.26 Å². The molecule has 1 aliphatic heterocycles. The summed E-state index contributed by atoms with van der Waals surface area (Å²) in [5.41, 5.74) is 1.28. The van der Waals surface area contributed by atoms with E-state index >= 15 is 0 Å². The van der Waals surface area contributed by atoms with E-state index in [1.807, 2.05) is 47.4 Å². The maximum atomic E-state index is 12.8. The SMILES string of the molecule is N#Cc1ccnc(N2CCN(C(=O)c3ccc(Sc4ccccn4)cc3)CC2)c1. The number of hydrogen-bond donors (Lipinski definition) is 0. The van der Waals surface area contributed by atoms with Gasteiger partial charge in [0.15, 0.2) is 0 Å². The molecule has 1 fully saturated rings. The number of nitriles is 1. The molecular formula is C22H19N5OS. The smallest absolute Gasteiger partial charge is 0.253 e. The monoisotopic (exact) mass is 401 g/mol. The molecule has 0 aliphatic carbocycles. The molecule has 0 saturated carbocycles. The van der Waals surface area contributed by atoms with Gasteiger partial charge in [-0.05, 0) is 48.5 Å². The van der Waals surface area contributed by atoms with Crippen LogP contribution in [0, 0.1) is 11.3 Å². The highest BCUT2D eigenvalue weighted by Crippen LogP contribution is 2.26. The van der Waals surface area contributed by atoms with E-state index < -0.39 is 0 Å². The molecule has 0 bridgehead atoms. The van der Waals surface area contributed by atoms with E-state index in [1.54, 1.807) is 36.3 Å². The number of benzene rings is 1. The maximum absolute atomic E-state index is 12.8. The highest BCUT2D eigenvalue weighted by Gasteiger charge is 2.23.